The van der Waals surface area contributed by atoms with Crippen molar-refractivity contribution < 1.29 is 4.79 Å². The number of nitrogens with zero attached hydrogens (tertiary/aromatic N) is 3. The van der Waals surface area contributed by atoms with Crippen LogP contribution in [-0.4, -0.2) is 53.4 Å². The summed E-state index contributed by atoms with van der Waals surface area (Å²) in [6, 6.07) is 8.34. The van der Waals surface area contributed by atoms with Crippen molar-refractivity contribution >= 4 is 43.9 Å². The molecule has 7 heteroatoms. The van der Waals surface area contributed by atoms with Gasteiger partial charge in [0.15, 0.2) is 5.13 Å². The van der Waals surface area contributed by atoms with Crippen molar-refractivity contribution in [3.63, 3.8) is 0 Å². The molecular formula is C19H22N4OS2. The minimum absolute atomic E-state index is 0.0204. The maximum absolute atomic E-state index is 12.4. The summed E-state index contributed by atoms with van der Waals surface area (Å²) < 4.78 is 1.11. The third-order valence-electron chi connectivity index (χ3n) is 4.61. The van der Waals surface area contributed by atoms with Gasteiger partial charge in [0.05, 0.1) is 16.8 Å². The second-order valence-corrected chi connectivity index (χ2v) is 8.53. The van der Waals surface area contributed by atoms with E-state index in [-0.39, 0.29) is 5.91 Å². The summed E-state index contributed by atoms with van der Waals surface area (Å²) >= 11 is 3.28. The van der Waals surface area contributed by atoms with Gasteiger partial charge in [-0.3, -0.25) is 14.6 Å². The zero-order valence-corrected chi connectivity index (χ0v) is 16.4. The third kappa shape index (κ3) is 4.29. The number of carbonyl (C=O) groups is 1. The lowest BCUT2D eigenvalue weighted by atomic mass is 10.2. The Morgan fingerprint density at radius 1 is 1.19 bits per heavy atom. The van der Waals surface area contributed by atoms with Crippen LogP contribution in [-0.2, 0) is 11.3 Å². The lowest BCUT2D eigenvalue weighted by Gasteiger charge is -2.34. The van der Waals surface area contributed by atoms with Crippen molar-refractivity contribution in [1.82, 2.24) is 14.8 Å². The van der Waals surface area contributed by atoms with Crippen molar-refractivity contribution in [3.8, 4) is 0 Å². The van der Waals surface area contributed by atoms with Crippen molar-refractivity contribution in [2.45, 2.75) is 13.5 Å². The second-order valence-electron chi connectivity index (χ2n) is 6.72. The number of aryl methyl sites for hydroxylation is 1. The highest BCUT2D eigenvalue weighted by Crippen LogP contribution is 2.26. The van der Waals surface area contributed by atoms with Gasteiger partial charge in [0, 0.05) is 32.7 Å². The van der Waals surface area contributed by atoms with E-state index in [1.54, 1.807) is 11.3 Å². The maximum atomic E-state index is 12.4. The molecule has 1 N–H and O–H groups in total. The molecule has 26 heavy (non-hydrogen) atoms. The number of piperazine rings is 1. The number of hydrogen-bond donors (Lipinski definition) is 1. The predicted molar refractivity (Wildman–Crippen MR) is 109 cm³/mol. The largest absolute Gasteiger partial charge is 0.301 e. The average Bonchev–Trinajstić information content (AvgIpc) is 3.25. The average molecular weight is 387 g/mol. The number of rotatable bonds is 5. The van der Waals surface area contributed by atoms with Crippen LogP contribution in [0.25, 0.3) is 10.2 Å². The number of thiazole rings is 1. The van der Waals surface area contributed by atoms with E-state index < -0.39 is 0 Å². The molecule has 0 aliphatic carbocycles. The molecule has 5 nitrogen and oxygen atoms in total. The van der Waals surface area contributed by atoms with Crippen LogP contribution in [0.2, 0.25) is 0 Å². The highest BCUT2D eigenvalue weighted by molar-refractivity contribution is 7.22. The van der Waals surface area contributed by atoms with Crippen molar-refractivity contribution in [2.75, 3.05) is 38.0 Å². The summed E-state index contributed by atoms with van der Waals surface area (Å²) in [5, 5.41) is 7.98. The number of fused-ring (bicyclic) bond motifs is 1. The maximum Gasteiger partial charge on any atom is 0.240 e. The van der Waals surface area contributed by atoms with Crippen LogP contribution in [0.4, 0.5) is 5.13 Å². The highest BCUT2D eigenvalue weighted by atomic mass is 32.1. The van der Waals surface area contributed by atoms with Gasteiger partial charge in [-0.05, 0) is 47.0 Å². The lowest BCUT2D eigenvalue weighted by molar-refractivity contribution is -0.117. The lowest BCUT2D eigenvalue weighted by Crippen LogP contribution is -2.48. The van der Waals surface area contributed by atoms with Gasteiger partial charge in [-0.25, -0.2) is 4.98 Å². The highest BCUT2D eigenvalue weighted by Gasteiger charge is 2.19. The van der Waals surface area contributed by atoms with Crippen molar-refractivity contribution in [1.29, 1.82) is 0 Å². The Labute approximate surface area is 161 Å². The molecule has 1 fully saturated rings. The normalized spacial score (nSPS) is 16.2. The molecule has 136 valence electrons. The van der Waals surface area contributed by atoms with Gasteiger partial charge < -0.3 is 5.32 Å². The van der Waals surface area contributed by atoms with E-state index in [4.69, 9.17) is 0 Å². The number of hydrogen-bond acceptors (Lipinski definition) is 6. The number of benzene rings is 1. The van der Waals surface area contributed by atoms with E-state index in [0.29, 0.717) is 11.7 Å². The standard InChI is InChI=1S/C19H22N4OS2/c1-14-2-3-16-17(10-14)26-19(20-16)21-18(24)12-23-7-5-22(6-8-23)11-15-4-9-25-13-15/h2-4,9-10,13H,5-8,11-12H2,1H3,(H,20,21,24). The SMILES string of the molecule is Cc1ccc2nc(NC(=O)CN3CCN(Cc4ccsc4)CC3)sc2c1. The third-order valence-corrected chi connectivity index (χ3v) is 6.27. The number of carbonyl (C=O) groups excluding carboxylic acids is 1. The van der Waals surface area contributed by atoms with Gasteiger partial charge in [-0.15, -0.1) is 0 Å². The number of aromatic nitrogens is 1. The van der Waals surface area contributed by atoms with Crippen LogP contribution in [0, 0.1) is 6.92 Å². The Bertz CT molecular complexity index is 882. The molecule has 1 amide bonds. The molecule has 3 aromatic rings. The van der Waals surface area contributed by atoms with E-state index in [9.17, 15) is 4.79 Å². The summed E-state index contributed by atoms with van der Waals surface area (Å²) in [6.45, 7) is 7.37. The van der Waals surface area contributed by atoms with Crippen LogP contribution in [0.1, 0.15) is 11.1 Å². The number of thiophene rings is 1. The molecule has 0 atom stereocenters. The van der Waals surface area contributed by atoms with Gasteiger partial charge >= 0.3 is 0 Å². The van der Waals surface area contributed by atoms with Crippen molar-refractivity contribution in [3.05, 3.63) is 46.2 Å². The molecule has 2 aromatic heterocycles. The fraction of sp³-hybridized carbons (Fsp3) is 0.368. The first-order valence-electron chi connectivity index (χ1n) is 8.78. The minimum atomic E-state index is 0.0204. The second kappa shape index (κ2) is 7.84. The van der Waals surface area contributed by atoms with Crippen LogP contribution < -0.4 is 5.32 Å². The Hall–Kier alpha value is -1.80. The molecule has 1 saturated heterocycles. The monoisotopic (exact) mass is 386 g/mol. The van der Waals surface area contributed by atoms with E-state index in [1.165, 1.54) is 22.5 Å². The quantitative estimate of drug-likeness (QED) is 0.730. The summed E-state index contributed by atoms with van der Waals surface area (Å²) in [5.41, 5.74) is 3.53. The summed E-state index contributed by atoms with van der Waals surface area (Å²) in [6.07, 6.45) is 0. The molecule has 1 aromatic carbocycles. The van der Waals surface area contributed by atoms with Gasteiger partial charge in [0.1, 0.15) is 0 Å². The first-order chi connectivity index (χ1) is 12.7. The Balaban J connectivity index is 1.27. The Morgan fingerprint density at radius 2 is 2.00 bits per heavy atom. The molecule has 0 bridgehead atoms. The van der Waals surface area contributed by atoms with Gasteiger partial charge in [-0.2, -0.15) is 11.3 Å². The number of nitrogens with one attached hydrogen (secondary N) is 1. The minimum Gasteiger partial charge on any atom is -0.301 e. The first-order valence-corrected chi connectivity index (χ1v) is 10.5. The van der Waals surface area contributed by atoms with Crippen LogP contribution >= 0.6 is 22.7 Å². The van der Waals surface area contributed by atoms with Crippen LogP contribution in [0.5, 0.6) is 0 Å². The van der Waals surface area contributed by atoms with Crippen LogP contribution in [0.3, 0.4) is 0 Å². The van der Waals surface area contributed by atoms with Gasteiger partial charge in [0.2, 0.25) is 5.91 Å². The van der Waals surface area contributed by atoms with E-state index >= 15 is 0 Å². The van der Waals surface area contributed by atoms with Gasteiger partial charge in [-0.1, -0.05) is 17.4 Å². The molecule has 0 spiro atoms. The van der Waals surface area contributed by atoms with E-state index in [2.05, 4.69) is 49.9 Å². The van der Waals surface area contributed by atoms with Crippen LogP contribution in [0.15, 0.2) is 35.0 Å². The first kappa shape index (κ1) is 17.6. The Morgan fingerprint density at radius 3 is 2.77 bits per heavy atom. The topological polar surface area (TPSA) is 48.5 Å². The Kier molecular flexibility index (Phi) is 5.31. The number of amides is 1. The van der Waals surface area contributed by atoms with Gasteiger partial charge in [0.25, 0.3) is 0 Å². The van der Waals surface area contributed by atoms with Crippen molar-refractivity contribution in [2.24, 2.45) is 0 Å². The molecule has 0 radical (unpaired) electrons. The zero-order valence-electron chi connectivity index (χ0n) is 14.8. The smallest absolute Gasteiger partial charge is 0.240 e. The number of anilines is 1. The summed E-state index contributed by atoms with van der Waals surface area (Å²) in [4.78, 5) is 21.5. The summed E-state index contributed by atoms with van der Waals surface area (Å²) in [5.74, 6) is 0.0204. The molecule has 3 heterocycles. The molecule has 1 aliphatic rings. The van der Waals surface area contributed by atoms with E-state index in [1.807, 2.05) is 12.1 Å². The fourth-order valence-electron chi connectivity index (χ4n) is 3.19. The summed E-state index contributed by atoms with van der Waals surface area (Å²) in [7, 11) is 0. The molecular weight excluding hydrogens is 364 g/mol. The molecule has 0 saturated carbocycles. The molecule has 0 unspecified atom stereocenters. The fourth-order valence-corrected chi connectivity index (χ4v) is 4.83. The predicted octanol–water partition coefficient (Wildman–Crippen LogP) is 3.42. The molecule has 1 aliphatic heterocycles. The molecule has 4 rings (SSSR count). The van der Waals surface area contributed by atoms with E-state index in [0.717, 1.165) is 42.9 Å². The zero-order chi connectivity index (χ0) is 17.9.